The van der Waals surface area contributed by atoms with Crippen LogP contribution < -0.4 is 10.2 Å². The molecule has 114 valence electrons. The summed E-state index contributed by atoms with van der Waals surface area (Å²) in [7, 11) is 0. The van der Waals surface area contributed by atoms with Crippen LogP contribution in [0.1, 0.15) is 13.3 Å². The van der Waals surface area contributed by atoms with Crippen molar-refractivity contribution in [1.29, 1.82) is 0 Å². The SMILES string of the molecule is CCCN1CCN/C1=N\c1ccccc1N1CCOCC1. The zero-order valence-electron chi connectivity index (χ0n) is 12.7. The van der Waals surface area contributed by atoms with E-state index in [1.165, 1.54) is 5.69 Å². The Bertz CT molecular complexity index is 497. The Morgan fingerprint density at radius 1 is 1.19 bits per heavy atom. The number of hydrogen-bond donors (Lipinski definition) is 1. The molecule has 0 aliphatic carbocycles. The Morgan fingerprint density at radius 2 is 2.00 bits per heavy atom. The van der Waals surface area contributed by atoms with Crippen LogP contribution in [0.4, 0.5) is 11.4 Å². The zero-order valence-corrected chi connectivity index (χ0v) is 12.7. The fourth-order valence-electron chi connectivity index (χ4n) is 2.86. The average Bonchev–Trinajstić information content (AvgIpc) is 2.96. The molecule has 1 N–H and O–H groups in total. The molecular formula is C16H24N4O. The van der Waals surface area contributed by atoms with Crippen molar-refractivity contribution in [1.82, 2.24) is 10.2 Å². The maximum absolute atomic E-state index is 5.45. The molecule has 1 aromatic carbocycles. The van der Waals surface area contributed by atoms with Crippen molar-refractivity contribution < 1.29 is 4.74 Å². The molecule has 2 heterocycles. The van der Waals surface area contributed by atoms with Gasteiger partial charge in [0.05, 0.1) is 24.6 Å². The molecule has 0 amide bonds. The van der Waals surface area contributed by atoms with Gasteiger partial charge in [-0.25, -0.2) is 4.99 Å². The highest BCUT2D eigenvalue weighted by Gasteiger charge is 2.19. The number of anilines is 1. The van der Waals surface area contributed by atoms with Crippen LogP contribution >= 0.6 is 0 Å². The van der Waals surface area contributed by atoms with Crippen molar-refractivity contribution >= 4 is 17.3 Å². The molecule has 21 heavy (non-hydrogen) atoms. The third-order valence-corrected chi connectivity index (χ3v) is 3.92. The topological polar surface area (TPSA) is 40.1 Å². The Balaban J connectivity index is 1.84. The van der Waals surface area contributed by atoms with Gasteiger partial charge in [0, 0.05) is 32.7 Å². The van der Waals surface area contributed by atoms with Crippen molar-refractivity contribution in [3.8, 4) is 0 Å². The van der Waals surface area contributed by atoms with Crippen LogP contribution in [0.25, 0.3) is 0 Å². The summed E-state index contributed by atoms with van der Waals surface area (Å²) in [6.07, 6.45) is 1.14. The molecule has 5 heteroatoms. The fraction of sp³-hybridized carbons (Fsp3) is 0.562. The minimum Gasteiger partial charge on any atom is -0.378 e. The van der Waals surface area contributed by atoms with Crippen molar-refractivity contribution in [2.75, 3.05) is 50.8 Å². The lowest BCUT2D eigenvalue weighted by Gasteiger charge is -2.30. The Hall–Kier alpha value is -1.75. The lowest BCUT2D eigenvalue weighted by molar-refractivity contribution is 0.123. The van der Waals surface area contributed by atoms with E-state index in [0.29, 0.717) is 0 Å². The molecule has 2 aliphatic rings. The quantitative estimate of drug-likeness (QED) is 0.917. The highest BCUT2D eigenvalue weighted by atomic mass is 16.5. The highest BCUT2D eigenvalue weighted by Crippen LogP contribution is 2.29. The standard InChI is InChI=1S/C16H24N4O/c1-2-8-20-9-7-17-16(20)18-14-5-3-4-6-15(14)19-10-12-21-13-11-19/h3-6H,2,7-13H2,1H3,(H,17,18). The number of benzene rings is 1. The van der Waals surface area contributed by atoms with E-state index < -0.39 is 0 Å². The second-order valence-electron chi connectivity index (χ2n) is 5.44. The van der Waals surface area contributed by atoms with E-state index in [2.05, 4.69) is 46.3 Å². The zero-order chi connectivity index (χ0) is 14.5. The van der Waals surface area contributed by atoms with Gasteiger partial charge in [-0.3, -0.25) is 0 Å². The van der Waals surface area contributed by atoms with E-state index in [0.717, 1.165) is 64.0 Å². The summed E-state index contributed by atoms with van der Waals surface area (Å²) in [6.45, 7) is 8.77. The lowest BCUT2D eigenvalue weighted by Crippen LogP contribution is -2.36. The molecule has 2 saturated heterocycles. The van der Waals surface area contributed by atoms with Crippen LogP contribution in [0.15, 0.2) is 29.3 Å². The normalized spacial score (nSPS) is 20.9. The van der Waals surface area contributed by atoms with Crippen molar-refractivity contribution in [2.45, 2.75) is 13.3 Å². The van der Waals surface area contributed by atoms with Gasteiger partial charge in [0.25, 0.3) is 0 Å². The maximum Gasteiger partial charge on any atom is 0.199 e. The second-order valence-corrected chi connectivity index (χ2v) is 5.44. The summed E-state index contributed by atoms with van der Waals surface area (Å²) in [6, 6.07) is 8.40. The van der Waals surface area contributed by atoms with Gasteiger partial charge in [-0.2, -0.15) is 0 Å². The van der Waals surface area contributed by atoms with Crippen LogP contribution in [0, 0.1) is 0 Å². The van der Waals surface area contributed by atoms with Crippen molar-refractivity contribution in [3.63, 3.8) is 0 Å². The summed E-state index contributed by atoms with van der Waals surface area (Å²) in [5.41, 5.74) is 2.25. The number of aliphatic imine (C=N–C) groups is 1. The van der Waals surface area contributed by atoms with Crippen LogP contribution in [0.2, 0.25) is 0 Å². The van der Waals surface area contributed by atoms with E-state index >= 15 is 0 Å². The number of hydrogen-bond acceptors (Lipinski definition) is 3. The summed E-state index contributed by atoms with van der Waals surface area (Å²) in [4.78, 5) is 9.57. The van der Waals surface area contributed by atoms with Gasteiger partial charge >= 0.3 is 0 Å². The minimum atomic E-state index is 0.797. The summed E-state index contributed by atoms with van der Waals surface area (Å²) in [5, 5.41) is 3.40. The highest BCUT2D eigenvalue weighted by molar-refractivity contribution is 5.86. The summed E-state index contributed by atoms with van der Waals surface area (Å²) in [5.74, 6) is 1.01. The molecule has 1 aromatic rings. The molecular weight excluding hydrogens is 264 g/mol. The summed E-state index contributed by atoms with van der Waals surface area (Å²) < 4.78 is 5.45. The van der Waals surface area contributed by atoms with Gasteiger partial charge in [0.15, 0.2) is 5.96 Å². The predicted octanol–water partition coefficient (Wildman–Crippen LogP) is 1.83. The molecule has 2 aliphatic heterocycles. The molecule has 0 aromatic heterocycles. The number of guanidine groups is 1. The van der Waals surface area contributed by atoms with Crippen molar-refractivity contribution in [3.05, 3.63) is 24.3 Å². The average molecular weight is 288 g/mol. The van der Waals surface area contributed by atoms with Gasteiger partial charge in [0.1, 0.15) is 0 Å². The first-order chi connectivity index (χ1) is 10.4. The second kappa shape index (κ2) is 6.80. The Kier molecular flexibility index (Phi) is 4.60. The summed E-state index contributed by atoms with van der Waals surface area (Å²) >= 11 is 0. The van der Waals surface area contributed by atoms with Crippen LogP contribution in [0.5, 0.6) is 0 Å². The van der Waals surface area contributed by atoms with E-state index in [-0.39, 0.29) is 0 Å². The van der Waals surface area contributed by atoms with Crippen molar-refractivity contribution in [2.24, 2.45) is 4.99 Å². The fourth-order valence-corrected chi connectivity index (χ4v) is 2.86. The first-order valence-corrected chi connectivity index (χ1v) is 7.87. The number of nitrogens with one attached hydrogen (secondary N) is 1. The number of morpholine rings is 1. The van der Waals surface area contributed by atoms with E-state index in [4.69, 9.17) is 9.73 Å². The molecule has 3 rings (SSSR count). The Labute approximate surface area is 126 Å². The molecule has 0 spiro atoms. The Morgan fingerprint density at radius 3 is 2.81 bits per heavy atom. The smallest absolute Gasteiger partial charge is 0.199 e. The molecule has 0 unspecified atom stereocenters. The third kappa shape index (κ3) is 3.29. The number of nitrogens with zero attached hydrogens (tertiary/aromatic N) is 3. The maximum atomic E-state index is 5.45. The number of ether oxygens (including phenoxy) is 1. The molecule has 0 atom stereocenters. The van der Waals surface area contributed by atoms with Gasteiger partial charge in [-0.1, -0.05) is 19.1 Å². The first-order valence-electron chi connectivity index (χ1n) is 7.87. The van der Waals surface area contributed by atoms with Crippen LogP contribution in [-0.4, -0.2) is 56.8 Å². The van der Waals surface area contributed by atoms with Gasteiger partial charge in [-0.15, -0.1) is 0 Å². The van der Waals surface area contributed by atoms with Gasteiger partial charge in [0.2, 0.25) is 0 Å². The molecule has 0 radical (unpaired) electrons. The monoisotopic (exact) mass is 288 g/mol. The largest absolute Gasteiger partial charge is 0.378 e. The molecule has 0 saturated carbocycles. The molecule has 5 nitrogen and oxygen atoms in total. The van der Waals surface area contributed by atoms with Gasteiger partial charge in [-0.05, 0) is 18.6 Å². The minimum absolute atomic E-state index is 0.797. The van der Waals surface area contributed by atoms with Crippen LogP contribution in [0.3, 0.4) is 0 Å². The number of rotatable bonds is 4. The first kappa shape index (κ1) is 14.2. The predicted molar refractivity (Wildman–Crippen MR) is 86.4 cm³/mol. The third-order valence-electron chi connectivity index (χ3n) is 3.92. The van der Waals surface area contributed by atoms with E-state index in [1.54, 1.807) is 0 Å². The van der Waals surface area contributed by atoms with E-state index in [1.807, 2.05) is 0 Å². The van der Waals surface area contributed by atoms with Crippen LogP contribution in [-0.2, 0) is 4.74 Å². The van der Waals surface area contributed by atoms with Gasteiger partial charge < -0.3 is 19.9 Å². The molecule has 2 fully saturated rings. The van der Waals surface area contributed by atoms with E-state index in [9.17, 15) is 0 Å². The number of para-hydroxylation sites is 2. The molecule has 0 bridgehead atoms. The lowest BCUT2D eigenvalue weighted by atomic mass is 10.2.